The van der Waals surface area contributed by atoms with Crippen molar-refractivity contribution in [1.29, 1.82) is 0 Å². The van der Waals surface area contributed by atoms with E-state index in [-0.39, 0.29) is 11.7 Å². The molecule has 4 aromatic rings. The lowest BCUT2D eigenvalue weighted by molar-refractivity contribution is -0.118. The van der Waals surface area contributed by atoms with E-state index in [2.05, 4.69) is 54.6 Å². The second-order valence-electron chi connectivity index (χ2n) is 7.76. The third kappa shape index (κ3) is 6.81. The van der Waals surface area contributed by atoms with Gasteiger partial charge in [0, 0.05) is 11.4 Å². The fourth-order valence-corrected chi connectivity index (χ4v) is 5.19. The smallest absolute Gasteiger partial charge is 0.250 e. The number of hydrogen-bond acceptors (Lipinski definition) is 6. The molecule has 0 radical (unpaired) electrons. The molecule has 4 rings (SSSR count). The van der Waals surface area contributed by atoms with Gasteiger partial charge >= 0.3 is 0 Å². The summed E-state index contributed by atoms with van der Waals surface area (Å²) in [5.74, 6) is 0.450. The zero-order valence-electron chi connectivity index (χ0n) is 19.1. The first-order valence-corrected chi connectivity index (χ1v) is 12.9. The lowest BCUT2D eigenvalue weighted by Crippen LogP contribution is -2.19. The first-order chi connectivity index (χ1) is 16.9. The standard InChI is InChI=1S/C26H22BrClN4O2S/c1-16-10-17(2)31-26(30-16)35-15-24(33)32-29-13-18-11-22(27)25(23(28)12-18)34-14-20-8-5-7-19-6-3-4-9-21(19)20/h3-13H,14-15H2,1-2H3,(H,32,33)/b29-13-. The van der Waals surface area contributed by atoms with Crippen molar-refractivity contribution in [2.75, 3.05) is 5.75 Å². The topological polar surface area (TPSA) is 76.5 Å². The van der Waals surface area contributed by atoms with E-state index in [0.717, 1.165) is 27.7 Å². The quantitative estimate of drug-likeness (QED) is 0.114. The van der Waals surface area contributed by atoms with Gasteiger partial charge in [0.05, 0.1) is 21.5 Å². The summed E-state index contributed by atoms with van der Waals surface area (Å²) in [4.78, 5) is 20.7. The Hall–Kier alpha value is -2.94. The predicted molar refractivity (Wildman–Crippen MR) is 145 cm³/mol. The van der Waals surface area contributed by atoms with Crippen molar-refractivity contribution in [3.63, 3.8) is 0 Å². The molecule has 0 aliphatic heterocycles. The number of ether oxygens (including phenoxy) is 1. The molecule has 178 valence electrons. The maximum Gasteiger partial charge on any atom is 0.250 e. The summed E-state index contributed by atoms with van der Waals surface area (Å²) in [7, 11) is 0. The van der Waals surface area contributed by atoms with Crippen LogP contribution in [0, 0.1) is 13.8 Å². The first kappa shape index (κ1) is 25.2. The Labute approximate surface area is 221 Å². The summed E-state index contributed by atoms with van der Waals surface area (Å²) in [5.41, 5.74) is 6.03. The molecule has 0 bridgehead atoms. The van der Waals surface area contributed by atoms with Gasteiger partial charge in [-0.05, 0) is 69.9 Å². The van der Waals surface area contributed by atoms with Gasteiger partial charge in [0.25, 0.3) is 5.91 Å². The second-order valence-corrected chi connectivity index (χ2v) is 9.96. The number of aromatic nitrogens is 2. The van der Waals surface area contributed by atoms with Gasteiger partial charge in [-0.3, -0.25) is 4.79 Å². The van der Waals surface area contributed by atoms with E-state index in [1.165, 1.54) is 18.0 Å². The van der Waals surface area contributed by atoms with Gasteiger partial charge in [0.2, 0.25) is 0 Å². The zero-order valence-corrected chi connectivity index (χ0v) is 22.2. The average Bonchev–Trinajstić information content (AvgIpc) is 2.82. The Morgan fingerprint density at radius 2 is 1.86 bits per heavy atom. The molecular formula is C26H22BrClN4O2S. The fraction of sp³-hybridized carbons (Fsp3) is 0.154. The Morgan fingerprint density at radius 1 is 1.11 bits per heavy atom. The number of nitrogens with zero attached hydrogens (tertiary/aromatic N) is 3. The summed E-state index contributed by atoms with van der Waals surface area (Å²) in [5, 5.41) is 7.34. The van der Waals surface area contributed by atoms with Crippen LogP contribution in [0.25, 0.3) is 10.8 Å². The molecule has 1 amide bonds. The maximum absolute atomic E-state index is 12.1. The summed E-state index contributed by atoms with van der Waals surface area (Å²) < 4.78 is 6.74. The highest BCUT2D eigenvalue weighted by atomic mass is 79.9. The van der Waals surface area contributed by atoms with Gasteiger partial charge in [-0.25, -0.2) is 15.4 Å². The number of hydrazone groups is 1. The Morgan fingerprint density at radius 3 is 2.63 bits per heavy atom. The molecule has 0 atom stereocenters. The normalized spacial score (nSPS) is 11.2. The van der Waals surface area contributed by atoms with Crippen molar-refractivity contribution in [3.05, 3.63) is 92.7 Å². The van der Waals surface area contributed by atoms with E-state index in [1.807, 2.05) is 50.2 Å². The molecule has 6 nitrogen and oxygen atoms in total. The van der Waals surface area contributed by atoms with E-state index >= 15 is 0 Å². The van der Waals surface area contributed by atoms with Crippen molar-refractivity contribution >= 4 is 62.2 Å². The molecule has 35 heavy (non-hydrogen) atoms. The number of nitrogens with one attached hydrogen (secondary N) is 1. The molecule has 0 saturated carbocycles. The van der Waals surface area contributed by atoms with Crippen LogP contribution in [0.5, 0.6) is 5.75 Å². The van der Waals surface area contributed by atoms with Crippen molar-refractivity contribution in [3.8, 4) is 5.75 Å². The van der Waals surface area contributed by atoms with Gasteiger partial charge < -0.3 is 4.74 Å². The van der Waals surface area contributed by atoms with Crippen molar-refractivity contribution < 1.29 is 9.53 Å². The van der Waals surface area contributed by atoms with Crippen LogP contribution in [-0.2, 0) is 11.4 Å². The van der Waals surface area contributed by atoms with E-state index in [0.29, 0.717) is 32.6 Å². The molecule has 0 unspecified atom stereocenters. The van der Waals surface area contributed by atoms with Crippen LogP contribution in [0.15, 0.2) is 75.4 Å². The number of carbonyl (C=O) groups is 1. The number of fused-ring (bicyclic) bond motifs is 1. The third-order valence-corrected chi connectivity index (χ3v) is 6.69. The highest BCUT2D eigenvalue weighted by Crippen LogP contribution is 2.35. The summed E-state index contributed by atoms with van der Waals surface area (Å²) >= 11 is 11.3. The predicted octanol–water partition coefficient (Wildman–Crippen LogP) is 6.48. The Kier molecular flexibility index (Phi) is 8.38. The number of amides is 1. The summed E-state index contributed by atoms with van der Waals surface area (Å²) in [6, 6.07) is 19.8. The van der Waals surface area contributed by atoms with Crippen LogP contribution in [0.3, 0.4) is 0 Å². The second kappa shape index (κ2) is 11.7. The summed E-state index contributed by atoms with van der Waals surface area (Å²) in [6.07, 6.45) is 1.53. The largest absolute Gasteiger partial charge is 0.486 e. The highest BCUT2D eigenvalue weighted by Gasteiger charge is 2.11. The van der Waals surface area contributed by atoms with Crippen molar-refractivity contribution in [1.82, 2.24) is 15.4 Å². The maximum atomic E-state index is 12.1. The monoisotopic (exact) mass is 568 g/mol. The van der Waals surface area contributed by atoms with Crippen molar-refractivity contribution in [2.45, 2.75) is 25.6 Å². The first-order valence-electron chi connectivity index (χ1n) is 10.7. The number of aryl methyl sites for hydroxylation is 2. The van der Waals surface area contributed by atoms with Crippen LogP contribution in [-0.4, -0.2) is 27.8 Å². The summed E-state index contributed by atoms with van der Waals surface area (Å²) in [6.45, 7) is 4.17. The molecule has 3 aromatic carbocycles. The molecule has 0 saturated heterocycles. The number of carbonyl (C=O) groups excluding carboxylic acids is 1. The van der Waals surface area contributed by atoms with Crippen LogP contribution in [0.1, 0.15) is 22.5 Å². The lowest BCUT2D eigenvalue weighted by Gasteiger charge is -2.12. The van der Waals surface area contributed by atoms with E-state index in [1.54, 1.807) is 6.07 Å². The van der Waals surface area contributed by atoms with Gasteiger partial charge in [-0.1, -0.05) is 65.8 Å². The SMILES string of the molecule is Cc1cc(C)nc(SCC(=O)N/N=C\c2cc(Cl)c(OCc3cccc4ccccc34)c(Br)c2)n1. The van der Waals surface area contributed by atoms with Gasteiger partial charge in [0.15, 0.2) is 10.9 Å². The van der Waals surface area contributed by atoms with E-state index in [4.69, 9.17) is 16.3 Å². The van der Waals surface area contributed by atoms with Crippen LogP contribution in [0.4, 0.5) is 0 Å². The Bertz CT molecular complexity index is 1370. The number of benzene rings is 3. The van der Waals surface area contributed by atoms with Crippen LogP contribution in [0.2, 0.25) is 5.02 Å². The fourth-order valence-electron chi connectivity index (χ4n) is 3.46. The molecule has 1 aromatic heterocycles. The van der Waals surface area contributed by atoms with Crippen LogP contribution >= 0.6 is 39.3 Å². The van der Waals surface area contributed by atoms with Crippen molar-refractivity contribution in [2.24, 2.45) is 5.10 Å². The minimum atomic E-state index is -0.255. The minimum Gasteiger partial charge on any atom is -0.486 e. The highest BCUT2D eigenvalue weighted by molar-refractivity contribution is 9.10. The molecule has 0 spiro atoms. The molecule has 9 heteroatoms. The van der Waals surface area contributed by atoms with Crippen LogP contribution < -0.4 is 10.2 Å². The number of rotatable bonds is 8. The number of hydrogen-bond donors (Lipinski definition) is 1. The molecular weight excluding hydrogens is 548 g/mol. The number of halogens is 2. The zero-order chi connectivity index (χ0) is 24.8. The lowest BCUT2D eigenvalue weighted by atomic mass is 10.1. The average molecular weight is 570 g/mol. The van der Waals surface area contributed by atoms with E-state index in [9.17, 15) is 4.79 Å². The molecule has 0 aliphatic rings. The number of thioether (sulfide) groups is 1. The molecule has 0 aliphatic carbocycles. The molecule has 0 fully saturated rings. The minimum absolute atomic E-state index is 0.158. The Balaban J connectivity index is 1.35. The molecule has 1 heterocycles. The molecule has 1 N–H and O–H groups in total. The third-order valence-electron chi connectivity index (χ3n) is 4.97. The van der Waals surface area contributed by atoms with E-state index < -0.39 is 0 Å². The van der Waals surface area contributed by atoms with Gasteiger partial charge in [-0.2, -0.15) is 5.10 Å². The van der Waals surface area contributed by atoms with Gasteiger partial charge in [-0.15, -0.1) is 0 Å². The van der Waals surface area contributed by atoms with Gasteiger partial charge in [0.1, 0.15) is 6.61 Å².